The molecule has 1 unspecified atom stereocenters. The predicted molar refractivity (Wildman–Crippen MR) is 133 cm³/mol. The summed E-state index contributed by atoms with van der Waals surface area (Å²) in [6.07, 6.45) is 4.95. The Kier molecular flexibility index (Phi) is 6.53. The van der Waals surface area contributed by atoms with E-state index in [2.05, 4.69) is 10.3 Å². The number of benzene rings is 3. The Morgan fingerprint density at radius 2 is 1.63 bits per heavy atom. The molecule has 4 aromatic rings. The van der Waals surface area contributed by atoms with Crippen LogP contribution < -0.4 is 5.32 Å². The second-order valence-corrected chi connectivity index (χ2v) is 8.63. The van der Waals surface area contributed by atoms with Gasteiger partial charge in [0.05, 0.1) is 11.7 Å². The van der Waals surface area contributed by atoms with Gasteiger partial charge in [0.2, 0.25) is 5.91 Å². The highest BCUT2D eigenvalue weighted by Crippen LogP contribution is 2.36. The Morgan fingerprint density at radius 3 is 2.34 bits per heavy atom. The number of hydrogen-bond acceptors (Lipinski definition) is 3. The molecule has 1 N–H and O–H groups in total. The molecule has 0 radical (unpaired) electrons. The van der Waals surface area contributed by atoms with E-state index in [1.54, 1.807) is 53.7 Å². The largest absolute Gasteiger partial charge is 0.368 e. The number of likely N-dealkylation sites (tertiary alicyclic amines) is 1. The van der Waals surface area contributed by atoms with Crippen LogP contribution in [-0.2, 0) is 4.79 Å². The highest BCUT2D eigenvalue weighted by atomic mass is 19.1. The number of aromatic nitrogens is 1. The molecular formula is C29H25F2N3O. The van der Waals surface area contributed by atoms with Gasteiger partial charge in [-0.05, 0) is 53.8 Å². The molecule has 1 aromatic heterocycles. The first-order valence-electron chi connectivity index (χ1n) is 11.7. The number of carbonyl (C=O) groups is 1. The second-order valence-electron chi connectivity index (χ2n) is 8.63. The molecule has 0 bridgehead atoms. The van der Waals surface area contributed by atoms with E-state index < -0.39 is 11.9 Å². The van der Waals surface area contributed by atoms with Crippen molar-refractivity contribution in [2.24, 2.45) is 0 Å². The van der Waals surface area contributed by atoms with Gasteiger partial charge in [0.1, 0.15) is 17.7 Å². The van der Waals surface area contributed by atoms with Crippen molar-refractivity contribution >= 4 is 11.6 Å². The number of rotatable bonds is 6. The van der Waals surface area contributed by atoms with Gasteiger partial charge in [-0.2, -0.15) is 0 Å². The first-order valence-corrected chi connectivity index (χ1v) is 11.7. The van der Waals surface area contributed by atoms with Gasteiger partial charge in [0, 0.05) is 24.5 Å². The zero-order valence-corrected chi connectivity index (χ0v) is 19.1. The third-order valence-electron chi connectivity index (χ3n) is 6.46. The number of anilines is 1. The minimum Gasteiger partial charge on any atom is -0.368 e. The van der Waals surface area contributed by atoms with Crippen LogP contribution in [0.3, 0.4) is 0 Å². The van der Waals surface area contributed by atoms with E-state index in [-0.39, 0.29) is 23.5 Å². The molecule has 4 nitrogen and oxygen atoms in total. The molecule has 1 aliphatic heterocycles. The van der Waals surface area contributed by atoms with Gasteiger partial charge in [0.25, 0.3) is 0 Å². The highest BCUT2D eigenvalue weighted by Gasteiger charge is 2.36. The lowest BCUT2D eigenvalue weighted by Crippen LogP contribution is -2.38. The summed E-state index contributed by atoms with van der Waals surface area (Å²) in [7, 11) is 0. The van der Waals surface area contributed by atoms with Gasteiger partial charge >= 0.3 is 0 Å². The van der Waals surface area contributed by atoms with Crippen molar-refractivity contribution in [1.82, 2.24) is 9.88 Å². The fraction of sp³-hybridized carbons (Fsp3) is 0.172. The summed E-state index contributed by atoms with van der Waals surface area (Å²) >= 11 is 0. The van der Waals surface area contributed by atoms with Crippen molar-refractivity contribution in [2.75, 3.05) is 11.9 Å². The number of nitrogens with one attached hydrogen (secondary N) is 1. The number of carbonyl (C=O) groups excluding carboxylic acids is 1. The van der Waals surface area contributed by atoms with Crippen LogP contribution in [-0.4, -0.2) is 22.3 Å². The molecule has 1 aliphatic rings. The number of hydrogen-bond donors (Lipinski definition) is 1. The predicted octanol–water partition coefficient (Wildman–Crippen LogP) is 6.54. The summed E-state index contributed by atoms with van der Waals surface area (Å²) in [6, 6.07) is 23.1. The maximum absolute atomic E-state index is 14.6. The molecule has 2 heterocycles. The van der Waals surface area contributed by atoms with Crippen molar-refractivity contribution in [3.8, 4) is 11.1 Å². The van der Waals surface area contributed by atoms with E-state index in [4.69, 9.17) is 0 Å². The number of halogens is 2. The van der Waals surface area contributed by atoms with Crippen LogP contribution in [0.15, 0.2) is 97.3 Å². The van der Waals surface area contributed by atoms with E-state index >= 15 is 0 Å². The summed E-state index contributed by atoms with van der Waals surface area (Å²) < 4.78 is 29.1. The van der Waals surface area contributed by atoms with Crippen LogP contribution in [0.25, 0.3) is 11.1 Å². The molecule has 1 saturated heterocycles. The van der Waals surface area contributed by atoms with Crippen LogP contribution in [0.1, 0.15) is 36.1 Å². The van der Waals surface area contributed by atoms with Crippen molar-refractivity contribution in [3.05, 3.63) is 120 Å². The van der Waals surface area contributed by atoms with Gasteiger partial charge in [-0.1, -0.05) is 60.7 Å². The summed E-state index contributed by atoms with van der Waals surface area (Å²) in [5.74, 6) is -0.978. The van der Waals surface area contributed by atoms with Crippen LogP contribution in [0.4, 0.5) is 14.5 Å². The Balaban J connectivity index is 1.49. The zero-order valence-electron chi connectivity index (χ0n) is 19.1. The van der Waals surface area contributed by atoms with E-state index in [0.29, 0.717) is 24.1 Å². The molecule has 176 valence electrons. The third-order valence-corrected chi connectivity index (χ3v) is 6.46. The van der Waals surface area contributed by atoms with Crippen LogP contribution in [0, 0.1) is 11.6 Å². The lowest BCUT2D eigenvalue weighted by molar-refractivity contribution is -0.133. The number of para-hydroxylation sites is 1. The number of nitrogens with zero attached hydrogens (tertiary/aromatic N) is 2. The van der Waals surface area contributed by atoms with E-state index in [9.17, 15) is 13.6 Å². The lowest BCUT2D eigenvalue weighted by Gasteiger charge is -2.30. The third kappa shape index (κ3) is 4.78. The number of pyridine rings is 1. The van der Waals surface area contributed by atoms with E-state index in [0.717, 1.165) is 17.5 Å². The van der Waals surface area contributed by atoms with Gasteiger partial charge in [0.15, 0.2) is 0 Å². The van der Waals surface area contributed by atoms with Gasteiger partial charge in [-0.15, -0.1) is 0 Å². The smallest absolute Gasteiger partial charge is 0.250 e. The fourth-order valence-electron chi connectivity index (χ4n) is 4.69. The molecule has 2 atom stereocenters. The Labute approximate surface area is 203 Å². The molecule has 0 saturated carbocycles. The average Bonchev–Trinajstić information content (AvgIpc) is 3.39. The van der Waals surface area contributed by atoms with Crippen molar-refractivity contribution in [1.29, 1.82) is 0 Å². The standard InChI is InChI=1S/C29H25F2N3O/c30-24-9-2-1-8-23(24)27-12-6-18-34(27)29(35)28(33-26-11-4-3-10-25(26)31)21-15-13-20(14-16-21)22-7-5-17-32-19-22/h1-5,7-11,13-17,19,27-28,33H,6,12,18H2/t27-,28?/m0/s1. The lowest BCUT2D eigenvalue weighted by atomic mass is 9.99. The van der Waals surface area contributed by atoms with Crippen LogP contribution in [0.5, 0.6) is 0 Å². The summed E-state index contributed by atoms with van der Waals surface area (Å²) in [5, 5.41) is 3.11. The summed E-state index contributed by atoms with van der Waals surface area (Å²) in [5.41, 5.74) is 3.37. The molecule has 0 spiro atoms. The van der Waals surface area contributed by atoms with Gasteiger partial charge in [-0.3, -0.25) is 9.78 Å². The maximum atomic E-state index is 14.6. The van der Waals surface area contributed by atoms with E-state index in [1.165, 1.54) is 12.1 Å². The molecule has 0 aliphatic carbocycles. The first-order chi connectivity index (χ1) is 17.1. The SMILES string of the molecule is O=C(C(Nc1ccccc1F)c1ccc(-c2cccnc2)cc1)N1CCC[C@H]1c1ccccc1F. The molecule has 3 aromatic carbocycles. The minimum atomic E-state index is -0.831. The topological polar surface area (TPSA) is 45.2 Å². The minimum absolute atomic E-state index is 0.215. The van der Waals surface area contributed by atoms with Gasteiger partial charge in [-0.25, -0.2) is 8.78 Å². The van der Waals surface area contributed by atoms with Crippen molar-refractivity contribution < 1.29 is 13.6 Å². The molecular weight excluding hydrogens is 444 g/mol. The van der Waals surface area contributed by atoms with Crippen LogP contribution >= 0.6 is 0 Å². The van der Waals surface area contributed by atoms with E-state index in [1.807, 2.05) is 36.4 Å². The summed E-state index contributed by atoms with van der Waals surface area (Å²) in [6.45, 7) is 0.515. The first kappa shape index (κ1) is 22.7. The Bertz CT molecular complexity index is 1310. The Morgan fingerprint density at radius 1 is 0.886 bits per heavy atom. The zero-order chi connectivity index (χ0) is 24.2. The monoisotopic (exact) mass is 469 g/mol. The second kappa shape index (κ2) is 10.1. The van der Waals surface area contributed by atoms with Crippen LogP contribution in [0.2, 0.25) is 0 Å². The van der Waals surface area contributed by atoms with Crippen molar-refractivity contribution in [2.45, 2.75) is 24.9 Å². The fourth-order valence-corrected chi connectivity index (χ4v) is 4.69. The average molecular weight is 470 g/mol. The van der Waals surface area contributed by atoms with Gasteiger partial charge < -0.3 is 10.2 Å². The molecule has 1 fully saturated rings. The molecule has 1 amide bonds. The summed E-state index contributed by atoms with van der Waals surface area (Å²) in [4.78, 5) is 19.8. The maximum Gasteiger partial charge on any atom is 0.250 e. The molecule has 5 rings (SSSR count). The molecule has 6 heteroatoms. The number of amides is 1. The highest BCUT2D eigenvalue weighted by molar-refractivity contribution is 5.87. The van der Waals surface area contributed by atoms with Crippen molar-refractivity contribution in [3.63, 3.8) is 0 Å². The normalized spacial score (nSPS) is 16.2. The quantitative estimate of drug-likeness (QED) is 0.349. The Hall–Kier alpha value is -4.06. The molecule has 35 heavy (non-hydrogen) atoms.